The molecule has 0 aliphatic heterocycles. The van der Waals surface area contributed by atoms with Gasteiger partial charge in [-0.3, -0.25) is 0 Å². The predicted molar refractivity (Wildman–Crippen MR) is 78.6 cm³/mol. The molecule has 0 saturated carbocycles. The summed E-state index contributed by atoms with van der Waals surface area (Å²) in [4.78, 5) is 0.262. The number of halogens is 3. The number of hydrogen-bond donors (Lipinski definition) is 1. The molecule has 0 aliphatic carbocycles. The van der Waals surface area contributed by atoms with Crippen molar-refractivity contribution in [3.05, 3.63) is 59.2 Å². The fourth-order valence-electron chi connectivity index (χ4n) is 1.85. The maximum absolute atomic E-state index is 12.6. The van der Waals surface area contributed by atoms with Gasteiger partial charge in [0, 0.05) is 5.56 Å². The minimum atomic E-state index is -4.40. The van der Waals surface area contributed by atoms with E-state index in [2.05, 4.69) is 0 Å². The first kappa shape index (κ1) is 15.3. The molecular formula is C15H12F3NOS. The summed E-state index contributed by atoms with van der Waals surface area (Å²) < 4.78 is 43.3. The minimum Gasteiger partial charge on any atom is -0.457 e. The average Bonchev–Trinajstić information content (AvgIpc) is 2.37. The van der Waals surface area contributed by atoms with Crippen LogP contribution in [0.3, 0.4) is 0 Å². The lowest BCUT2D eigenvalue weighted by molar-refractivity contribution is -0.137. The molecule has 2 rings (SSSR count). The van der Waals surface area contributed by atoms with E-state index in [-0.39, 0.29) is 10.7 Å². The Morgan fingerprint density at radius 2 is 1.76 bits per heavy atom. The van der Waals surface area contributed by atoms with Crippen LogP contribution in [-0.2, 0) is 6.18 Å². The van der Waals surface area contributed by atoms with Crippen molar-refractivity contribution in [2.24, 2.45) is 5.73 Å². The third-order valence-corrected chi connectivity index (χ3v) is 3.08. The van der Waals surface area contributed by atoms with Crippen LogP contribution < -0.4 is 10.5 Å². The molecule has 0 bridgehead atoms. The summed E-state index contributed by atoms with van der Waals surface area (Å²) in [5, 5.41) is 0. The van der Waals surface area contributed by atoms with E-state index in [1.165, 1.54) is 12.1 Å². The number of ether oxygens (including phenoxy) is 1. The van der Waals surface area contributed by atoms with E-state index in [1.54, 1.807) is 25.1 Å². The molecule has 2 nitrogen and oxygen atoms in total. The third-order valence-electron chi connectivity index (χ3n) is 2.86. The van der Waals surface area contributed by atoms with Crippen LogP contribution >= 0.6 is 12.2 Å². The van der Waals surface area contributed by atoms with Crippen molar-refractivity contribution in [2.75, 3.05) is 0 Å². The molecule has 0 heterocycles. The Bertz CT molecular complexity index is 683. The topological polar surface area (TPSA) is 35.2 Å². The zero-order valence-corrected chi connectivity index (χ0v) is 11.9. The number of hydrogen-bond acceptors (Lipinski definition) is 2. The maximum Gasteiger partial charge on any atom is 0.416 e. The van der Waals surface area contributed by atoms with Gasteiger partial charge in [-0.2, -0.15) is 13.2 Å². The highest BCUT2D eigenvalue weighted by Crippen LogP contribution is 2.33. The molecule has 2 aromatic rings. The molecule has 0 aliphatic rings. The van der Waals surface area contributed by atoms with E-state index in [1.807, 2.05) is 0 Å². The Labute approximate surface area is 125 Å². The summed E-state index contributed by atoms with van der Waals surface area (Å²) in [6, 6.07) is 9.68. The van der Waals surface area contributed by atoms with Crippen LogP contribution in [0, 0.1) is 6.92 Å². The lowest BCUT2D eigenvalue weighted by Crippen LogP contribution is -2.10. The molecule has 0 aromatic heterocycles. The van der Waals surface area contributed by atoms with Gasteiger partial charge in [0.15, 0.2) is 0 Å². The second-order valence-corrected chi connectivity index (χ2v) is 4.91. The zero-order valence-electron chi connectivity index (χ0n) is 11.1. The third kappa shape index (κ3) is 3.72. The van der Waals surface area contributed by atoms with Crippen molar-refractivity contribution in [2.45, 2.75) is 13.1 Å². The Hall–Kier alpha value is -2.08. The molecule has 6 heteroatoms. The van der Waals surface area contributed by atoms with Gasteiger partial charge in [-0.05, 0) is 48.9 Å². The van der Waals surface area contributed by atoms with Crippen molar-refractivity contribution < 1.29 is 17.9 Å². The molecule has 2 N–H and O–H groups in total. The van der Waals surface area contributed by atoms with Gasteiger partial charge in [0.2, 0.25) is 0 Å². The molecule has 0 fully saturated rings. The van der Waals surface area contributed by atoms with Crippen molar-refractivity contribution >= 4 is 17.2 Å². The summed E-state index contributed by atoms with van der Waals surface area (Å²) in [7, 11) is 0. The van der Waals surface area contributed by atoms with Gasteiger partial charge >= 0.3 is 6.18 Å². The van der Waals surface area contributed by atoms with Gasteiger partial charge in [0.25, 0.3) is 0 Å². The van der Waals surface area contributed by atoms with Crippen LogP contribution in [-0.4, -0.2) is 4.99 Å². The molecule has 110 valence electrons. The maximum atomic E-state index is 12.6. The van der Waals surface area contributed by atoms with E-state index >= 15 is 0 Å². The highest BCUT2D eigenvalue weighted by Gasteiger charge is 2.30. The van der Waals surface area contributed by atoms with Crippen molar-refractivity contribution in [1.29, 1.82) is 0 Å². The number of thiocarbonyl (C=S) groups is 1. The van der Waals surface area contributed by atoms with Crippen LogP contribution in [0.15, 0.2) is 42.5 Å². The summed E-state index contributed by atoms with van der Waals surface area (Å²) in [5.74, 6) is 0.541. The van der Waals surface area contributed by atoms with Crippen LogP contribution in [0.1, 0.15) is 16.7 Å². The van der Waals surface area contributed by atoms with Gasteiger partial charge in [0.05, 0.1) is 5.56 Å². The van der Waals surface area contributed by atoms with Crippen LogP contribution in [0.25, 0.3) is 0 Å². The number of aryl methyl sites for hydroxylation is 1. The molecule has 0 spiro atoms. The minimum absolute atomic E-state index is 0.118. The first-order chi connectivity index (χ1) is 9.77. The summed E-state index contributed by atoms with van der Waals surface area (Å²) in [6.07, 6.45) is -4.40. The lowest BCUT2D eigenvalue weighted by Gasteiger charge is -2.11. The van der Waals surface area contributed by atoms with Crippen molar-refractivity contribution in [3.63, 3.8) is 0 Å². The largest absolute Gasteiger partial charge is 0.457 e. The second-order valence-electron chi connectivity index (χ2n) is 4.47. The fourth-order valence-corrected chi connectivity index (χ4v) is 2.08. The zero-order chi connectivity index (χ0) is 15.6. The summed E-state index contributed by atoms with van der Waals surface area (Å²) in [6.45, 7) is 1.80. The summed E-state index contributed by atoms with van der Waals surface area (Å²) in [5.41, 5.74) is 6.31. The van der Waals surface area contributed by atoms with E-state index in [4.69, 9.17) is 22.7 Å². The second kappa shape index (κ2) is 5.73. The van der Waals surface area contributed by atoms with Gasteiger partial charge < -0.3 is 10.5 Å². The normalized spacial score (nSPS) is 11.2. The molecule has 0 saturated heterocycles. The molecule has 0 radical (unpaired) electrons. The van der Waals surface area contributed by atoms with Crippen LogP contribution in [0.2, 0.25) is 0 Å². The Morgan fingerprint density at radius 1 is 1.10 bits per heavy atom. The Kier molecular flexibility index (Phi) is 4.18. The standard InChI is InChI=1S/C15H12F3NOS/c1-9-7-12(5-6-13(9)14(19)21)20-11-4-2-3-10(8-11)15(16,17)18/h2-8H,1H3,(H2,19,21). The quantitative estimate of drug-likeness (QED) is 0.851. The van der Waals surface area contributed by atoms with Crippen LogP contribution in [0.4, 0.5) is 13.2 Å². The SMILES string of the molecule is Cc1cc(Oc2cccc(C(F)(F)F)c2)ccc1C(N)=S. The number of rotatable bonds is 3. The van der Waals surface area contributed by atoms with E-state index in [0.29, 0.717) is 11.3 Å². The molecule has 21 heavy (non-hydrogen) atoms. The highest BCUT2D eigenvalue weighted by atomic mass is 32.1. The smallest absolute Gasteiger partial charge is 0.416 e. The van der Waals surface area contributed by atoms with E-state index in [0.717, 1.165) is 17.7 Å². The highest BCUT2D eigenvalue weighted by molar-refractivity contribution is 7.80. The summed E-state index contributed by atoms with van der Waals surface area (Å²) >= 11 is 4.89. The number of nitrogens with two attached hydrogens (primary N) is 1. The number of benzene rings is 2. The predicted octanol–water partition coefficient (Wildman–Crippen LogP) is 4.44. The lowest BCUT2D eigenvalue weighted by atomic mass is 10.1. The van der Waals surface area contributed by atoms with Gasteiger partial charge in [-0.25, -0.2) is 0 Å². The van der Waals surface area contributed by atoms with E-state index in [9.17, 15) is 13.2 Å². The van der Waals surface area contributed by atoms with Crippen LogP contribution in [0.5, 0.6) is 11.5 Å². The average molecular weight is 311 g/mol. The van der Waals surface area contributed by atoms with Gasteiger partial charge in [-0.15, -0.1) is 0 Å². The first-order valence-corrected chi connectivity index (χ1v) is 6.44. The van der Waals surface area contributed by atoms with Gasteiger partial charge in [-0.1, -0.05) is 18.3 Å². The monoisotopic (exact) mass is 311 g/mol. The molecule has 2 aromatic carbocycles. The molecule has 0 atom stereocenters. The number of alkyl halides is 3. The van der Waals surface area contributed by atoms with E-state index < -0.39 is 11.7 Å². The van der Waals surface area contributed by atoms with Crippen molar-refractivity contribution in [3.8, 4) is 11.5 Å². The molecule has 0 amide bonds. The Balaban J connectivity index is 2.27. The Morgan fingerprint density at radius 3 is 2.33 bits per heavy atom. The fraction of sp³-hybridized carbons (Fsp3) is 0.133. The van der Waals surface area contributed by atoms with Gasteiger partial charge in [0.1, 0.15) is 16.5 Å². The molecule has 0 unspecified atom stereocenters. The first-order valence-electron chi connectivity index (χ1n) is 6.03. The van der Waals surface area contributed by atoms with Crippen molar-refractivity contribution in [1.82, 2.24) is 0 Å². The molecular weight excluding hydrogens is 299 g/mol.